The van der Waals surface area contributed by atoms with E-state index in [2.05, 4.69) is 20.5 Å². The number of hydrogen-bond donors (Lipinski definition) is 2. The fourth-order valence-electron chi connectivity index (χ4n) is 2.18. The summed E-state index contributed by atoms with van der Waals surface area (Å²) in [5, 5.41) is 6.05. The van der Waals surface area contributed by atoms with Gasteiger partial charge in [-0.15, -0.1) is 0 Å². The maximum atomic E-state index is 13.2. The standard InChI is InChI=1S/C17H26F4N4O/c1-4-22-16(23-7-8-25(2)9-10-26-3)24-12-13-5-6-14(18)11-15(13)17(19,20)21/h5-6,11H,4,7-10,12H2,1-3H3,(H2,22,23,24). The molecule has 0 bridgehead atoms. The van der Waals surface area contributed by atoms with Gasteiger partial charge in [-0.25, -0.2) is 9.38 Å². The summed E-state index contributed by atoms with van der Waals surface area (Å²) in [6.45, 7) is 4.91. The molecule has 26 heavy (non-hydrogen) atoms. The Morgan fingerprint density at radius 2 is 1.96 bits per heavy atom. The van der Waals surface area contributed by atoms with Crippen LogP contribution in [0.15, 0.2) is 23.2 Å². The van der Waals surface area contributed by atoms with Crippen LogP contribution >= 0.6 is 0 Å². The minimum atomic E-state index is -4.62. The molecule has 0 saturated carbocycles. The molecule has 1 aromatic rings. The number of guanidine groups is 1. The van der Waals surface area contributed by atoms with Gasteiger partial charge >= 0.3 is 6.18 Å². The fourth-order valence-corrected chi connectivity index (χ4v) is 2.18. The Labute approximate surface area is 151 Å². The minimum absolute atomic E-state index is 0.0756. The molecule has 0 aliphatic heterocycles. The first kappa shape index (κ1) is 22.2. The van der Waals surface area contributed by atoms with Crippen molar-refractivity contribution in [2.75, 3.05) is 46.9 Å². The average Bonchev–Trinajstić information content (AvgIpc) is 2.57. The van der Waals surface area contributed by atoms with E-state index in [0.717, 1.165) is 25.2 Å². The summed E-state index contributed by atoms with van der Waals surface area (Å²) in [5.41, 5.74) is -1.08. The number of benzene rings is 1. The predicted molar refractivity (Wildman–Crippen MR) is 93.6 cm³/mol. The number of methoxy groups -OCH3 is 1. The van der Waals surface area contributed by atoms with E-state index in [1.807, 2.05) is 14.0 Å². The topological polar surface area (TPSA) is 48.9 Å². The van der Waals surface area contributed by atoms with Gasteiger partial charge in [0, 0.05) is 33.3 Å². The molecule has 0 radical (unpaired) electrons. The number of nitrogens with one attached hydrogen (secondary N) is 2. The van der Waals surface area contributed by atoms with Crippen LogP contribution in [0.5, 0.6) is 0 Å². The number of halogens is 4. The molecule has 0 spiro atoms. The molecule has 148 valence electrons. The summed E-state index contributed by atoms with van der Waals surface area (Å²) in [6, 6.07) is 2.62. The van der Waals surface area contributed by atoms with E-state index in [0.29, 0.717) is 31.7 Å². The average molecular weight is 378 g/mol. The van der Waals surface area contributed by atoms with Gasteiger partial charge in [-0.3, -0.25) is 0 Å². The van der Waals surface area contributed by atoms with Gasteiger partial charge < -0.3 is 20.3 Å². The molecule has 0 aliphatic carbocycles. The highest BCUT2D eigenvalue weighted by Gasteiger charge is 2.33. The highest BCUT2D eigenvalue weighted by Crippen LogP contribution is 2.32. The van der Waals surface area contributed by atoms with Gasteiger partial charge in [0.15, 0.2) is 5.96 Å². The van der Waals surface area contributed by atoms with Gasteiger partial charge in [0.2, 0.25) is 0 Å². The third-order valence-corrected chi connectivity index (χ3v) is 3.59. The lowest BCUT2D eigenvalue weighted by molar-refractivity contribution is -0.138. The second kappa shape index (κ2) is 11.0. The first-order chi connectivity index (χ1) is 12.3. The quantitative estimate of drug-likeness (QED) is 0.394. The van der Waals surface area contributed by atoms with Crippen molar-refractivity contribution in [2.45, 2.75) is 19.6 Å². The molecule has 0 amide bonds. The van der Waals surface area contributed by atoms with Crippen molar-refractivity contribution >= 4 is 5.96 Å². The van der Waals surface area contributed by atoms with Gasteiger partial charge in [0.1, 0.15) is 5.82 Å². The molecule has 9 heteroatoms. The fraction of sp³-hybridized carbons (Fsp3) is 0.588. The van der Waals surface area contributed by atoms with Crippen LogP contribution in [0.3, 0.4) is 0 Å². The van der Waals surface area contributed by atoms with Crippen molar-refractivity contribution < 1.29 is 22.3 Å². The van der Waals surface area contributed by atoms with E-state index in [9.17, 15) is 17.6 Å². The number of alkyl halides is 3. The van der Waals surface area contributed by atoms with Crippen LogP contribution in [0.4, 0.5) is 17.6 Å². The normalized spacial score (nSPS) is 12.5. The first-order valence-electron chi connectivity index (χ1n) is 8.33. The molecule has 0 aromatic heterocycles. The zero-order valence-electron chi connectivity index (χ0n) is 15.3. The number of ether oxygens (including phenoxy) is 1. The van der Waals surface area contributed by atoms with Crippen molar-refractivity contribution in [1.82, 2.24) is 15.5 Å². The van der Waals surface area contributed by atoms with Crippen molar-refractivity contribution in [3.8, 4) is 0 Å². The minimum Gasteiger partial charge on any atom is -0.383 e. The van der Waals surface area contributed by atoms with Crippen molar-refractivity contribution in [3.05, 3.63) is 35.1 Å². The van der Waals surface area contributed by atoms with Gasteiger partial charge in [0.25, 0.3) is 0 Å². The van der Waals surface area contributed by atoms with E-state index in [1.54, 1.807) is 7.11 Å². The van der Waals surface area contributed by atoms with Gasteiger partial charge in [-0.05, 0) is 31.7 Å². The summed E-state index contributed by atoms with van der Waals surface area (Å²) < 4.78 is 57.2. The maximum Gasteiger partial charge on any atom is 0.416 e. The van der Waals surface area contributed by atoms with E-state index in [-0.39, 0.29) is 12.1 Å². The Morgan fingerprint density at radius 3 is 2.58 bits per heavy atom. The maximum absolute atomic E-state index is 13.2. The summed E-state index contributed by atoms with van der Waals surface area (Å²) >= 11 is 0. The summed E-state index contributed by atoms with van der Waals surface area (Å²) in [4.78, 5) is 6.23. The number of aliphatic imine (C=N–C) groups is 1. The lowest BCUT2D eigenvalue weighted by atomic mass is 10.1. The smallest absolute Gasteiger partial charge is 0.383 e. The Morgan fingerprint density at radius 1 is 1.23 bits per heavy atom. The summed E-state index contributed by atoms with van der Waals surface area (Å²) in [5.74, 6) is -0.515. The molecule has 0 fully saturated rings. The van der Waals surface area contributed by atoms with E-state index in [4.69, 9.17) is 4.74 Å². The molecule has 0 saturated heterocycles. The molecule has 0 aliphatic rings. The largest absolute Gasteiger partial charge is 0.416 e. The van der Waals surface area contributed by atoms with E-state index in [1.165, 1.54) is 0 Å². The highest BCUT2D eigenvalue weighted by atomic mass is 19.4. The van der Waals surface area contributed by atoms with Crippen molar-refractivity contribution in [1.29, 1.82) is 0 Å². The van der Waals surface area contributed by atoms with Crippen LogP contribution in [0.2, 0.25) is 0 Å². The third-order valence-electron chi connectivity index (χ3n) is 3.59. The predicted octanol–water partition coefficient (Wildman–Crippen LogP) is 2.48. The molecule has 0 atom stereocenters. The second-order valence-corrected chi connectivity index (χ2v) is 5.72. The molecule has 5 nitrogen and oxygen atoms in total. The number of hydrogen-bond acceptors (Lipinski definition) is 3. The third kappa shape index (κ3) is 8.01. The Bertz CT molecular complexity index is 578. The van der Waals surface area contributed by atoms with Crippen molar-refractivity contribution in [2.24, 2.45) is 4.99 Å². The van der Waals surface area contributed by atoms with Crippen LogP contribution < -0.4 is 10.6 Å². The molecule has 0 heterocycles. The summed E-state index contributed by atoms with van der Waals surface area (Å²) in [6.07, 6.45) is -4.62. The van der Waals surface area contributed by atoms with Gasteiger partial charge in [-0.2, -0.15) is 13.2 Å². The zero-order valence-corrected chi connectivity index (χ0v) is 15.3. The van der Waals surface area contributed by atoms with E-state index < -0.39 is 17.6 Å². The van der Waals surface area contributed by atoms with Crippen LogP contribution in [0.25, 0.3) is 0 Å². The molecular weight excluding hydrogens is 352 g/mol. The van der Waals surface area contributed by atoms with Crippen LogP contribution in [-0.4, -0.2) is 57.8 Å². The Balaban J connectivity index is 2.72. The van der Waals surface area contributed by atoms with Crippen LogP contribution in [0.1, 0.15) is 18.1 Å². The summed E-state index contributed by atoms with van der Waals surface area (Å²) in [7, 11) is 3.57. The van der Waals surface area contributed by atoms with Crippen LogP contribution in [0, 0.1) is 5.82 Å². The van der Waals surface area contributed by atoms with Gasteiger partial charge in [0.05, 0.1) is 18.7 Å². The van der Waals surface area contributed by atoms with Gasteiger partial charge in [-0.1, -0.05) is 6.07 Å². The lowest BCUT2D eigenvalue weighted by Gasteiger charge is -2.18. The molecule has 0 unspecified atom stereocenters. The SMILES string of the molecule is CCNC(=NCc1ccc(F)cc1C(F)(F)F)NCCN(C)CCOC. The molecular formula is C17H26F4N4O. The molecule has 2 N–H and O–H groups in total. The number of rotatable bonds is 9. The first-order valence-corrected chi connectivity index (χ1v) is 8.33. The van der Waals surface area contributed by atoms with Crippen molar-refractivity contribution in [3.63, 3.8) is 0 Å². The monoisotopic (exact) mass is 378 g/mol. The second-order valence-electron chi connectivity index (χ2n) is 5.72. The highest BCUT2D eigenvalue weighted by molar-refractivity contribution is 5.79. The van der Waals surface area contributed by atoms with E-state index >= 15 is 0 Å². The number of likely N-dealkylation sites (N-methyl/N-ethyl adjacent to an activating group) is 1. The zero-order chi connectivity index (χ0) is 19.6. The Hall–Kier alpha value is -1.87. The number of nitrogens with zero attached hydrogens (tertiary/aromatic N) is 2. The molecule has 1 rings (SSSR count). The molecule has 1 aromatic carbocycles. The Kier molecular flexibility index (Phi) is 9.36. The van der Waals surface area contributed by atoms with Crippen LogP contribution in [-0.2, 0) is 17.5 Å². The lowest BCUT2D eigenvalue weighted by Crippen LogP contribution is -2.41.